The van der Waals surface area contributed by atoms with Gasteiger partial charge in [0.2, 0.25) is 0 Å². The minimum Gasteiger partial charge on any atom is -0.364 e. The van der Waals surface area contributed by atoms with Crippen molar-refractivity contribution in [2.45, 2.75) is 39.7 Å². The second-order valence-corrected chi connectivity index (χ2v) is 3.82. The van der Waals surface area contributed by atoms with Crippen LogP contribution in [0.1, 0.15) is 38.8 Å². The van der Waals surface area contributed by atoms with Crippen molar-refractivity contribution in [1.82, 2.24) is 15.8 Å². The third-order valence-electron chi connectivity index (χ3n) is 2.31. The maximum absolute atomic E-state index is 4.76. The quantitative estimate of drug-likeness (QED) is 0.337. The Morgan fingerprint density at radius 3 is 2.78 bits per heavy atom. The second-order valence-electron chi connectivity index (χ2n) is 3.82. The number of rotatable bonds is 7. The molecule has 5 nitrogen and oxygen atoms in total. The van der Waals surface area contributed by atoms with Gasteiger partial charge in [0.1, 0.15) is 12.0 Å². The Morgan fingerprint density at radius 2 is 2.17 bits per heavy atom. The molecule has 0 spiro atoms. The van der Waals surface area contributed by atoms with Gasteiger partial charge in [-0.1, -0.05) is 24.9 Å². The number of guanidine groups is 1. The number of nitrogens with one attached hydrogen (secondary N) is 2. The average Bonchev–Trinajstić information content (AvgIpc) is 2.84. The van der Waals surface area contributed by atoms with Crippen molar-refractivity contribution in [3.63, 3.8) is 0 Å². The predicted molar refractivity (Wildman–Crippen MR) is 84.3 cm³/mol. The Labute approximate surface area is 126 Å². The van der Waals surface area contributed by atoms with Crippen molar-refractivity contribution < 1.29 is 4.52 Å². The van der Waals surface area contributed by atoms with Crippen LogP contribution in [-0.4, -0.2) is 24.2 Å². The highest BCUT2D eigenvalue weighted by molar-refractivity contribution is 14.0. The van der Waals surface area contributed by atoms with Crippen molar-refractivity contribution >= 4 is 29.9 Å². The summed E-state index contributed by atoms with van der Waals surface area (Å²) in [5.74, 6) is 0.839. The van der Waals surface area contributed by atoms with Crippen molar-refractivity contribution in [2.75, 3.05) is 13.1 Å². The van der Waals surface area contributed by atoms with Gasteiger partial charge in [-0.05, 0) is 13.3 Å². The largest absolute Gasteiger partial charge is 0.364 e. The molecule has 6 heteroatoms. The molecule has 2 N–H and O–H groups in total. The van der Waals surface area contributed by atoms with E-state index in [1.807, 2.05) is 6.07 Å². The Bertz CT molecular complexity index is 314. The smallest absolute Gasteiger partial charge is 0.191 e. The van der Waals surface area contributed by atoms with Gasteiger partial charge in [0, 0.05) is 19.2 Å². The second kappa shape index (κ2) is 11.3. The molecule has 1 aromatic rings. The molecule has 0 aliphatic rings. The third-order valence-corrected chi connectivity index (χ3v) is 2.31. The Morgan fingerprint density at radius 1 is 1.33 bits per heavy atom. The zero-order chi connectivity index (χ0) is 12.3. The van der Waals surface area contributed by atoms with Crippen LogP contribution in [0.3, 0.4) is 0 Å². The van der Waals surface area contributed by atoms with Crippen LogP contribution in [0.5, 0.6) is 0 Å². The monoisotopic (exact) mass is 366 g/mol. The Hall–Kier alpha value is -0.790. The molecule has 0 aliphatic carbocycles. The van der Waals surface area contributed by atoms with Crippen molar-refractivity contribution in [1.29, 1.82) is 0 Å². The fourth-order valence-electron chi connectivity index (χ4n) is 1.40. The molecule has 18 heavy (non-hydrogen) atoms. The average molecular weight is 366 g/mol. The van der Waals surface area contributed by atoms with Gasteiger partial charge in [-0.25, -0.2) is 4.99 Å². The number of aliphatic imine (C=N–C) groups is 1. The van der Waals surface area contributed by atoms with Gasteiger partial charge in [-0.3, -0.25) is 0 Å². The highest BCUT2D eigenvalue weighted by Crippen LogP contribution is 1.96. The van der Waals surface area contributed by atoms with Crippen molar-refractivity contribution in [3.05, 3.63) is 18.0 Å². The van der Waals surface area contributed by atoms with E-state index in [1.165, 1.54) is 19.3 Å². The fourth-order valence-corrected chi connectivity index (χ4v) is 1.40. The molecule has 0 fully saturated rings. The predicted octanol–water partition coefficient (Wildman–Crippen LogP) is 2.54. The Kier molecular flexibility index (Phi) is 10.8. The summed E-state index contributed by atoms with van der Waals surface area (Å²) in [5.41, 5.74) is 0.843. The number of halogens is 1. The van der Waals surface area contributed by atoms with Gasteiger partial charge in [0.25, 0.3) is 0 Å². The minimum atomic E-state index is 0. The maximum atomic E-state index is 4.76. The highest BCUT2D eigenvalue weighted by Gasteiger charge is 1.98. The number of aromatic nitrogens is 1. The Balaban J connectivity index is 0.00000289. The molecule has 1 rings (SSSR count). The van der Waals surface area contributed by atoms with E-state index in [9.17, 15) is 0 Å². The number of hydrogen-bond acceptors (Lipinski definition) is 3. The summed E-state index contributed by atoms with van der Waals surface area (Å²) in [6, 6.07) is 1.82. The van der Waals surface area contributed by atoms with Crippen molar-refractivity contribution in [3.8, 4) is 0 Å². The molecule has 0 saturated heterocycles. The van der Waals surface area contributed by atoms with Crippen LogP contribution >= 0.6 is 24.0 Å². The fraction of sp³-hybridized carbons (Fsp3) is 0.667. The lowest BCUT2D eigenvalue weighted by molar-refractivity contribution is 0.412. The summed E-state index contributed by atoms with van der Waals surface area (Å²) in [6.45, 7) is 6.61. The van der Waals surface area contributed by atoms with Crippen LogP contribution in [0.2, 0.25) is 0 Å². The lowest BCUT2D eigenvalue weighted by Crippen LogP contribution is -2.37. The standard InChI is InChI=1S/C12H22N4O.HI/c1-3-5-6-8-14-12(13-4-2)15-10-11-7-9-17-16-11;/h7,9H,3-6,8,10H2,1-2H3,(H2,13,14,15);1H. The molecule has 0 bridgehead atoms. The van der Waals surface area contributed by atoms with Gasteiger partial charge < -0.3 is 15.2 Å². The molecule has 0 amide bonds. The first-order chi connectivity index (χ1) is 8.36. The molecule has 0 aliphatic heterocycles. The summed E-state index contributed by atoms with van der Waals surface area (Å²) in [6.07, 6.45) is 5.21. The number of unbranched alkanes of at least 4 members (excludes halogenated alkanes) is 2. The minimum absolute atomic E-state index is 0. The molecule has 0 aromatic carbocycles. The molecule has 1 heterocycles. The highest BCUT2D eigenvalue weighted by atomic mass is 127. The van der Waals surface area contributed by atoms with Crippen LogP contribution < -0.4 is 10.6 Å². The van der Waals surface area contributed by atoms with Gasteiger partial charge in [0.15, 0.2) is 5.96 Å². The molecular weight excluding hydrogens is 343 g/mol. The summed E-state index contributed by atoms with van der Waals surface area (Å²) < 4.78 is 4.76. The summed E-state index contributed by atoms with van der Waals surface area (Å²) in [4.78, 5) is 4.43. The normalized spacial score (nSPS) is 10.9. The van der Waals surface area contributed by atoms with E-state index in [4.69, 9.17) is 4.52 Å². The van der Waals surface area contributed by atoms with E-state index in [0.29, 0.717) is 6.54 Å². The first-order valence-corrected chi connectivity index (χ1v) is 6.28. The van der Waals surface area contributed by atoms with Crippen LogP contribution in [0, 0.1) is 0 Å². The number of hydrogen-bond donors (Lipinski definition) is 2. The van der Waals surface area contributed by atoms with Crippen LogP contribution in [0.25, 0.3) is 0 Å². The zero-order valence-electron chi connectivity index (χ0n) is 11.1. The molecule has 0 atom stereocenters. The molecule has 0 radical (unpaired) electrons. The van der Waals surface area contributed by atoms with Crippen LogP contribution in [0.4, 0.5) is 0 Å². The van der Waals surface area contributed by atoms with E-state index in [1.54, 1.807) is 6.26 Å². The van der Waals surface area contributed by atoms with Crippen LogP contribution in [0.15, 0.2) is 21.8 Å². The van der Waals surface area contributed by atoms with Gasteiger partial charge in [-0.2, -0.15) is 0 Å². The van der Waals surface area contributed by atoms with Gasteiger partial charge >= 0.3 is 0 Å². The van der Waals surface area contributed by atoms with Crippen molar-refractivity contribution in [2.24, 2.45) is 4.99 Å². The summed E-state index contributed by atoms with van der Waals surface area (Å²) in [7, 11) is 0. The molecule has 104 valence electrons. The lowest BCUT2D eigenvalue weighted by Gasteiger charge is -2.10. The molecular formula is C12H23IN4O. The molecule has 0 unspecified atom stereocenters. The first-order valence-electron chi connectivity index (χ1n) is 6.28. The summed E-state index contributed by atoms with van der Waals surface area (Å²) in [5, 5.41) is 10.3. The van der Waals surface area contributed by atoms with E-state index < -0.39 is 0 Å². The third kappa shape index (κ3) is 7.52. The first kappa shape index (κ1) is 17.2. The SMILES string of the molecule is CCCCCNC(=NCc1ccon1)NCC.I. The maximum Gasteiger partial charge on any atom is 0.191 e. The van der Waals surface area contributed by atoms with Gasteiger partial charge in [-0.15, -0.1) is 24.0 Å². The van der Waals surface area contributed by atoms with Crippen LogP contribution in [-0.2, 0) is 6.54 Å². The van der Waals surface area contributed by atoms with Gasteiger partial charge in [0.05, 0.1) is 6.54 Å². The molecule has 1 aromatic heterocycles. The van der Waals surface area contributed by atoms with E-state index in [2.05, 4.69) is 34.6 Å². The zero-order valence-corrected chi connectivity index (χ0v) is 13.4. The topological polar surface area (TPSA) is 62.5 Å². The van der Waals surface area contributed by atoms with E-state index >= 15 is 0 Å². The number of nitrogens with zero attached hydrogens (tertiary/aromatic N) is 2. The molecule has 0 saturated carbocycles. The summed E-state index contributed by atoms with van der Waals surface area (Å²) >= 11 is 0. The van der Waals surface area contributed by atoms with E-state index in [-0.39, 0.29) is 24.0 Å². The lowest BCUT2D eigenvalue weighted by atomic mass is 10.2. The van der Waals surface area contributed by atoms with E-state index in [0.717, 1.165) is 24.7 Å².